The second-order valence-electron chi connectivity index (χ2n) is 15.1. The van der Waals surface area contributed by atoms with Crippen molar-refractivity contribution in [2.24, 2.45) is 52.3 Å². The average molecular weight is 554 g/mol. The third-order valence-corrected chi connectivity index (χ3v) is 13.8. The fraction of sp³-hybridized carbons (Fsp3) is 0.639. The van der Waals surface area contributed by atoms with E-state index in [1.165, 1.54) is 68.1 Å². The third kappa shape index (κ3) is 3.75. The Balaban J connectivity index is 1.20. The first-order valence-electron chi connectivity index (χ1n) is 16.2. The van der Waals surface area contributed by atoms with Crippen molar-refractivity contribution in [3.63, 3.8) is 0 Å². The molecule has 5 aliphatic carbocycles. The molecule has 7 rings (SSSR count). The first-order valence-corrected chi connectivity index (χ1v) is 16.2. The normalized spacial score (nSPS) is 43.2. The van der Waals surface area contributed by atoms with Crippen LogP contribution in [0.3, 0.4) is 0 Å². The molecule has 0 amide bonds. The number of nitrogens with zero attached hydrogens (tertiary/aromatic N) is 2. The van der Waals surface area contributed by atoms with E-state index in [1.54, 1.807) is 18.5 Å². The van der Waals surface area contributed by atoms with Gasteiger partial charge in [0.25, 0.3) is 0 Å². The van der Waals surface area contributed by atoms with Crippen LogP contribution >= 0.6 is 0 Å². The van der Waals surface area contributed by atoms with Gasteiger partial charge in [0.2, 0.25) is 0 Å². The van der Waals surface area contributed by atoms with Gasteiger partial charge < -0.3 is 5.11 Å². The SMILES string of the molecule is C=C(C)[C@@H]1CCC2(c3ncn[nH]3)CCC3C(CCC4C5(C)CC=C(c6ccc(C(=O)O)cc6)C(C)C5CCC34C)C12. The largest absolute Gasteiger partial charge is 0.478 e. The predicted molar refractivity (Wildman–Crippen MR) is 162 cm³/mol. The van der Waals surface area contributed by atoms with E-state index in [0.717, 1.165) is 30.0 Å². The highest BCUT2D eigenvalue weighted by Crippen LogP contribution is 2.72. The summed E-state index contributed by atoms with van der Waals surface area (Å²) in [5.74, 6) is 4.90. The number of carboxylic acids is 1. The van der Waals surface area contributed by atoms with Crippen LogP contribution in [-0.4, -0.2) is 26.3 Å². The molecule has 2 aromatic rings. The van der Waals surface area contributed by atoms with Crippen molar-refractivity contribution in [2.45, 2.75) is 90.9 Å². The Hall–Kier alpha value is -2.69. The van der Waals surface area contributed by atoms with E-state index in [9.17, 15) is 9.90 Å². The lowest BCUT2D eigenvalue weighted by Gasteiger charge is -2.67. The molecule has 218 valence electrons. The molecule has 5 heteroatoms. The van der Waals surface area contributed by atoms with Gasteiger partial charge in [-0.05, 0) is 140 Å². The Morgan fingerprint density at radius 2 is 1.73 bits per heavy atom. The number of carbonyl (C=O) groups is 1. The van der Waals surface area contributed by atoms with E-state index < -0.39 is 5.97 Å². The number of allylic oxidation sites excluding steroid dienone is 3. The zero-order chi connectivity index (χ0) is 28.7. The topological polar surface area (TPSA) is 78.9 Å². The second kappa shape index (κ2) is 9.41. The number of aromatic amines is 1. The van der Waals surface area contributed by atoms with Crippen LogP contribution in [-0.2, 0) is 5.41 Å². The highest BCUT2D eigenvalue weighted by Gasteiger charge is 2.66. The lowest BCUT2D eigenvalue weighted by Crippen LogP contribution is -2.60. The number of aromatic nitrogens is 3. The lowest BCUT2D eigenvalue weighted by molar-refractivity contribution is -0.166. The molecule has 0 saturated heterocycles. The van der Waals surface area contributed by atoms with Gasteiger partial charge in [0.05, 0.1) is 5.56 Å². The predicted octanol–water partition coefficient (Wildman–Crippen LogP) is 8.33. The molecule has 0 radical (unpaired) electrons. The monoisotopic (exact) mass is 553 g/mol. The quantitative estimate of drug-likeness (QED) is 0.373. The summed E-state index contributed by atoms with van der Waals surface area (Å²) < 4.78 is 0. The van der Waals surface area contributed by atoms with Crippen LogP contribution in [0.2, 0.25) is 0 Å². The number of carboxylic acid groups (broad SMARTS) is 1. The fourth-order valence-corrected chi connectivity index (χ4v) is 12.1. The van der Waals surface area contributed by atoms with Crippen LogP contribution < -0.4 is 0 Å². The van der Waals surface area contributed by atoms with Gasteiger partial charge in [-0.1, -0.05) is 51.1 Å². The molecule has 0 spiro atoms. The van der Waals surface area contributed by atoms with Crippen LogP contribution in [0.15, 0.2) is 48.8 Å². The van der Waals surface area contributed by atoms with Gasteiger partial charge >= 0.3 is 5.97 Å². The molecule has 4 fully saturated rings. The molecule has 9 unspecified atom stereocenters. The minimum atomic E-state index is -0.857. The van der Waals surface area contributed by atoms with Gasteiger partial charge in [-0.25, -0.2) is 9.78 Å². The zero-order valence-electron chi connectivity index (χ0n) is 25.3. The molecular weight excluding hydrogens is 506 g/mol. The maximum Gasteiger partial charge on any atom is 0.335 e. The summed E-state index contributed by atoms with van der Waals surface area (Å²) in [6.07, 6.45) is 15.7. The van der Waals surface area contributed by atoms with Crippen molar-refractivity contribution in [3.05, 3.63) is 65.8 Å². The Bertz CT molecular complexity index is 1380. The molecule has 2 N–H and O–H groups in total. The minimum Gasteiger partial charge on any atom is -0.478 e. The Labute approximate surface area is 245 Å². The molecule has 4 saturated carbocycles. The lowest BCUT2D eigenvalue weighted by atomic mass is 9.37. The van der Waals surface area contributed by atoms with Gasteiger partial charge in [0.15, 0.2) is 0 Å². The number of hydrogen-bond acceptors (Lipinski definition) is 3. The standard InChI is InChI=1S/C36H47N3O2/c1-21(2)25-13-18-36(33-37-20-38-39-33)19-15-29-27(31(25)36)10-11-30-34(4)16-12-26(22(3)28(34)14-17-35(29,30)5)23-6-8-24(9-7-23)32(40)41/h6-9,12,20,22,25,27-31H,1,10-11,13-19H2,2-5H3,(H,40,41)(H,37,38,39)/t22?,25-,27?,28?,29?,30?,31?,34?,35?,36?/m0/s1. The van der Waals surface area contributed by atoms with Gasteiger partial charge in [-0.2, -0.15) is 5.10 Å². The minimum absolute atomic E-state index is 0.138. The van der Waals surface area contributed by atoms with Crippen LogP contribution in [0, 0.1) is 52.3 Å². The fourth-order valence-electron chi connectivity index (χ4n) is 12.1. The molecule has 1 heterocycles. The highest BCUT2D eigenvalue weighted by molar-refractivity contribution is 5.88. The molecule has 41 heavy (non-hydrogen) atoms. The average Bonchev–Trinajstić information content (AvgIpc) is 3.62. The Morgan fingerprint density at radius 3 is 2.41 bits per heavy atom. The number of rotatable bonds is 4. The molecule has 5 aliphatic rings. The van der Waals surface area contributed by atoms with Crippen molar-refractivity contribution in [1.29, 1.82) is 0 Å². The van der Waals surface area contributed by atoms with E-state index in [2.05, 4.69) is 50.5 Å². The molecule has 5 nitrogen and oxygen atoms in total. The molecule has 1 aromatic heterocycles. The maximum absolute atomic E-state index is 11.4. The number of H-pyrrole nitrogens is 1. The zero-order valence-corrected chi connectivity index (χ0v) is 25.3. The van der Waals surface area contributed by atoms with E-state index in [4.69, 9.17) is 4.98 Å². The first-order chi connectivity index (χ1) is 19.6. The summed E-state index contributed by atoms with van der Waals surface area (Å²) in [5.41, 5.74) is 5.18. The Morgan fingerprint density at radius 1 is 1.00 bits per heavy atom. The molecule has 0 bridgehead atoms. The van der Waals surface area contributed by atoms with Crippen LogP contribution in [0.5, 0.6) is 0 Å². The summed E-state index contributed by atoms with van der Waals surface area (Å²) in [6.45, 7) is 14.5. The summed E-state index contributed by atoms with van der Waals surface area (Å²) in [4.78, 5) is 16.2. The number of nitrogens with one attached hydrogen (secondary N) is 1. The van der Waals surface area contributed by atoms with E-state index >= 15 is 0 Å². The van der Waals surface area contributed by atoms with Crippen LogP contribution in [0.4, 0.5) is 0 Å². The van der Waals surface area contributed by atoms with Crippen LogP contribution in [0.25, 0.3) is 5.57 Å². The van der Waals surface area contributed by atoms with E-state index in [-0.39, 0.29) is 5.41 Å². The summed E-state index contributed by atoms with van der Waals surface area (Å²) in [6, 6.07) is 7.58. The van der Waals surface area contributed by atoms with Gasteiger partial charge in [-0.3, -0.25) is 5.10 Å². The first kappa shape index (κ1) is 27.2. The summed E-state index contributed by atoms with van der Waals surface area (Å²) in [7, 11) is 0. The van der Waals surface area contributed by atoms with Crippen molar-refractivity contribution < 1.29 is 9.90 Å². The summed E-state index contributed by atoms with van der Waals surface area (Å²) >= 11 is 0. The van der Waals surface area contributed by atoms with E-state index in [1.807, 2.05) is 12.1 Å². The molecular formula is C36H47N3O2. The third-order valence-electron chi connectivity index (χ3n) is 13.8. The van der Waals surface area contributed by atoms with E-state index in [0.29, 0.717) is 40.1 Å². The van der Waals surface area contributed by atoms with Crippen molar-refractivity contribution >= 4 is 11.5 Å². The van der Waals surface area contributed by atoms with Gasteiger partial charge in [0.1, 0.15) is 12.2 Å². The number of fused-ring (bicyclic) bond motifs is 7. The number of benzene rings is 1. The Kier molecular flexibility index (Phi) is 6.23. The number of hydrogen-bond donors (Lipinski definition) is 2. The van der Waals surface area contributed by atoms with Gasteiger partial charge in [-0.15, -0.1) is 0 Å². The molecule has 0 aliphatic heterocycles. The molecule has 1 aromatic carbocycles. The van der Waals surface area contributed by atoms with Crippen molar-refractivity contribution in [3.8, 4) is 0 Å². The van der Waals surface area contributed by atoms with Crippen molar-refractivity contribution in [2.75, 3.05) is 0 Å². The summed E-state index contributed by atoms with van der Waals surface area (Å²) in [5, 5.41) is 17.0. The number of aromatic carboxylic acids is 1. The maximum atomic E-state index is 11.4. The smallest absolute Gasteiger partial charge is 0.335 e. The van der Waals surface area contributed by atoms with Crippen molar-refractivity contribution in [1.82, 2.24) is 15.2 Å². The highest BCUT2D eigenvalue weighted by atomic mass is 16.4. The van der Waals surface area contributed by atoms with Gasteiger partial charge in [0, 0.05) is 5.41 Å². The second-order valence-corrected chi connectivity index (χ2v) is 15.1. The molecule has 10 atom stereocenters. The van der Waals surface area contributed by atoms with Crippen LogP contribution in [0.1, 0.15) is 107 Å².